The van der Waals surface area contributed by atoms with Crippen molar-refractivity contribution in [2.75, 3.05) is 13.6 Å². The van der Waals surface area contributed by atoms with E-state index in [2.05, 4.69) is 43.4 Å². The number of rotatable bonds is 8. The van der Waals surface area contributed by atoms with E-state index in [1.807, 2.05) is 18.2 Å². The second-order valence-electron chi connectivity index (χ2n) is 6.43. The second-order valence-corrected chi connectivity index (χ2v) is 6.43. The molecule has 1 heterocycles. The summed E-state index contributed by atoms with van der Waals surface area (Å²) in [6.45, 7) is 4.32. The van der Waals surface area contributed by atoms with Crippen molar-refractivity contribution in [1.29, 1.82) is 0 Å². The van der Waals surface area contributed by atoms with Gasteiger partial charge in [0, 0.05) is 38.7 Å². The molecule has 0 spiro atoms. The van der Waals surface area contributed by atoms with Crippen molar-refractivity contribution >= 4 is 29.9 Å². The molecule has 0 amide bonds. The minimum Gasteiger partial charge on any atom is -0.490 e. The lowest BCUT2D eigenvalue weighted by Crippen LogP contribution is -2.38. The van der Waals surface area contributed by atoms with Crippen LogP contribution in [0.15, 0.2) is 35.6 Å². The number of guanidine groups is 1. The van der Waals surface area contributed by atoms with Gasteiger partial charge in [-0.2, -0.15) is 0 Å². The Bertz CT molecular complexity index is 728. The number of hydrogen-bond donors (Lipinski definition) is 2. The summed E-state index contributed by atoms with van der Waals surface area (Å²) in [6.07, 6.45) is 6.62. The standard InChI is InChI=1S/C19H28N6O.HI/c1-3-18-24-23-14-25(18)12-11-21-19(20-2)22-13-15-7-4-5-10-17(15)26-16-8-6-9-16;/h4-5,7,10,14,16H,3,6,8-9,11-13H2,1-2H3,(H2,20,21,22);1H. The van der Waals surface area contributed by atoms with Gasteiger partial charge in [-0.15, -0.1) is 34.2 Å². The second kappa shape index (κ2) is 11.1. The molecule has 0 radical (unpaired) electrons. The molecular formula is C19H29IN6O. The van der Waals surface area contributed by atoms with Crippen LogP contribution in [0.3, 0.4) is 0 Å². The zero-order valence-corrected chi connectivity index (χ0v) is 18.3. The van der Waals surface area contributed by atoms with Gasteiger partial charge in [0.1, 0.15) is 17.9 Å². The Morgan fingerprint density at radius 3 is 2.81 bits per heavy atom. The first-order chi connectivity index (χ1) is 12.8. The number of aryl methyl sites for hydroxylation is 1. The fourth-order valence-corrected chi connectivity index (χ4v) is 2.87. The lowest BCUT2D eigenvalue weighted by atomic mass is 9.96. The summed E-state index contributed by atoms with van der Waals surface area (Å²) in [5.41, 5.74) is 1.15. The van der Waals surface area contributed by atoms with Gasteiger partial charge < -0.3 is 19.9 Å². The van der Waals surface area contributed by atoms with Crippen LogP contribution < -0.4 is 15.4 Å². The lowest BCUT2D eigenvalue weighted by molar-refractivity contribution is 0.119. The zero-order valence-electron chi connectivity index (χ0n) is 16.0. The first kappa shape index (κ1) is 21.5. The molecule has 2 aromatic rings. The first-order valence-corrected chi connectivity index (χ1v) is 9.36. The molecule has 148 valence electrons. The lowest BCUT2D eigenvalue weighted by Gasteiger charge is -2.27. The molecule has 1 aliphatic rings. The minimum atomic E-state index is 0. The Kier molecular flexibility index (Phi) is 8.83. The third-order valence-electron chi connectivity index (χ3n) is 4.65. The smallest absolute Gasteiger partial charge is 0.191 e. The minimum absolute atomic E-state index is 0. The van der Waals surface area contributed by atoms with Crippen molar-refractivity contribution in [2.24, 2.45) is 4.99 Å². The van der Waals surface area contributed by atoms with E-state index in [1.54, 1.807) is 13.4 Å². The molecule has 1 aromatic carbocycles. The molecule has 1 saturated carbocycles. The number of benzene rings is 1. The van der Waals surface area contributed by atoms with Crippen LogP contribution in [0.2, 0.25) is 0 Å². The average Bonchev–Trinajstić information content (AvgIpc) is 3.09. The Labute approximate surface area is 178 Å². The number of aromatic nitrogens is 3. The van der Waals surface area contributed by atoms with Crippen LogP contribution in [0.5, 0.6) is 5.75 Å². The fraction of sp³-hybridized carbons (Fsp3) is 0.526. The molecule has 1 aromatic heterocycles. The Morgan fingerprint density at radius 1 is 1.30 bits per heavy atom. The quantitative estimate of drug-likeness (QED) is 0.343. The number of nitrogens with zero attached hydrogens (tertiary/aromatic N) is 4. The molecule has 2 N–H and O–H groups in total. The van der Waals surface area contributed by atoms with Crippen LogP contribution in [0, 0.1) is 0 Å². The fourth-order valence-electron chi connectivity index (χ4n) is 2.87. The summed E-state index contributed by atoms with van der Waals surface area (Å²) >= 11 is 0. The summed E-state index contributed by atoms with van der Waals surface area (Å²) in [4.78, 5) is 4.30. The van der Waals surface area contributed by atoms with Gasteiger partial charge in [0.05, 0.1) is 6.10 Å². The van der Waals surface area contributed by atoms with Crippen LogP contribution >= 0.6 is 24.0 Å². The van der Waals surface area contributed by atoms with Crippen molar-refractivity contribution in [3.05, 3.63) is 42.0 Å². The molecule has 1 fully saturated rings. The van der Waals surface area contributed by atoms with E-state index in [4.69, 9.17) is 4.74 Å². The van der Waals surface area contributed by atoms with Crippen molar-refractivity contribution < 1.29 is 4.74 Å². The maximum Gasteiger partial charge on any atom is 0.191 e. The molecule has 8 heteroatoms. The first-order valence-electron chi connectivity index (χ1n) is 9.36. The third-order valence-corrected chi connectivity index (χ3v) is 4.65. The normalized spacial score (nSPS) is 14.2. The summed E-state index contributed by atoms with van der Waals surface area (Å²) in [5, 5.41) is 14.8. The predicted molar refractivity (Wildman–Crippen MR) is 118 cm³/mol. The molecule has 0 atom stereocenters. The average molecular weight is 484 g/mol. The highest BCUT2D eigenvalue weighted by atomic mass is 127. The maximum atomic E-state index is 6.09. The highest BCUT2D eigenvalue weighted by Crippen LogP contribution is 2.27. The third kappa shape index (κ3) is 6.08. The Hall–Kier alpha value is -1.84. The Morgan fingerprint density at radius 2 is 2.11 bits per heavy atom. The topological polar surface area (TPSA) is 76.4 Å². The molecule has 7 nitrogen and oxygen atoms in total. The van der Waals surface area contributed by atoms with Crippen molar-refractivity contribution in [2.45, 2.75) is 51.8 Å². The number of para-hydroxylation sites is 1. The van der Waals surface area contributed by atoms with Crippen molar-refractivity contribution in [3.8, 4) is 5.75 Å². The molecule has 0 bridgehead atoms. The monoisotopic (exact) mass is 484 g/mol. The van der Waals surface area contributed by atoms with Crippen LogP contribution in [0.1, 0.15) is 37.6 Å². The van der Waals surface area contributed by atoms with Gasteiger partial charge in [-0.25, -0.2) is 0 Å². The maximum absolute atomic E-state index is 6.09. The highest BCUT2D eigenvalue weighted by Gasteiger charge is 2.20. The van der Waals surface area contributed by atoms with Gasteiger partial charge in [-0.3, -0.25) is 4.99 Å². The largest absolute Gasteiger partial charge is 0.490 e. The van der Waals surface area contributed by atoms with Gasteiger partial charge in [0.25, 0.3) is 0 Å². The number of ether oxygens (including phenoxy) is 1. The summed E-state index contributed by atoms with van der Waals surface area (Å²) in [5.74, 6) is 2.74. The van der Waals surface area contributed by atoms with E-state index in [0.717, 1.165) is 55.4 Å². The summed E-state index contributed by atoms with van der Waals surface area (Å²) < 4.78 is 8.14. The molecule has 1 aliphatic carbocycles. The van der Waals surface area contributed by atoms with Gasteiger partial charge in [0.15, 0.2) is 5.96 Å². The molecule has 3 rings (SSSR count). The molecule has 27 heavy (non-hydrogen) atoms. The van der Waals surface area contributed by atoms with E-state index in [1.165, 1.54) is 6.42 Å². The van der Waals surface area contributed by atoms with E-state index in [-0.39, 0.29) is 24.0 Å². The van der Waals surface area contributed by atoms with Gasteiger partial charge in [-0.05, 0) is 25.3 Å². The van der Waals surface area contributed by atoms with Crippen LogP contribution in [-0.2, 0) is 19.5 Å². The predicted octanol–water partition coefficient (Wildman–Crippen LogP) is 2.76. The number of aliphatic imine (C=N–C) groups is 1. The zero-order chi connectivity index (χ0) is 18.2. The van der Waals surface area contributed by atoms with E-state index >= 15 is 0 Å². The van der Waals surface area contributed by atoms with E-state index < -0.39 is 0 Å². The summed E-state index contributed by atoms with van der Waals surface area (Å²) in [7, 11) is 1.78. The molecular weight excluding hydrogens is 455 g/mol. The van der Waals surface area contributed by atoms with Gasteiger partial charge in [-0.1, -0.05) is 25.1 Å². The molecule has 0 unspecified atom stereocenters. The van der Waals surface area contributed by atoms with E-state index in [0.29, 0.717) is 12.6 Å². The van der Waals surface area contributed by atoms with Gasteiger partial charge in [0.2, 0.25) is 0 Å². The van der Waals surface area contributed by atoms with Crippen molar-refractivity contribution in [3.63, 3.8) is 0 Å². The summed E-state index contributed by atoms with van der Waals surface area (Å²) in [6, 6.07) is 8.21. The van der Waals surface area contributed by atoms with Crippen LogP contribution in [0.4, 0.5) is 0 Å². The van der Waals surface area contributed by atoms with Crippen LogP contribution in [-0.4, -0.2) is 40.4 Å². The molecule has 0 saturated heterocycles. The number of hydrogen-bond acceptors (Lipinski definition) is 4. The van der Waals surface area contributed by atoms with Gasteiger partial charge >= 0.3 is 0 Å². The highest BCUT2D eigenvalue weighted by molar-refractivity contribution is 14.0. The number of nitrogens with one attached hydrogen (secondary N) is 2. The van der Waals surface area contributed by atoms with Crippen LogP contribution in [0.25, 0.3) is 0 Å². The SMILES string of the molecule is CCc1nncn1CCNC(=NC)NCc1ccccc1OC1CCC1.I. The Balaban J connectivity index is 0.00000261. The molecule has 0 aliphatic heterocycles. The number of halogens is 1. The van der Waals surface area contributed by atoms with E-state index in [9.17, 15) is 0 Å². The van der Waals surface area contributed by atoms with Crippen molar-refractivity contribution in [1.82, 2.24) is 25.4 Å².